The van der Waals surface area contributed by atoms with Gasteiger partial charge in [0, 0.05) is 12.1 Å². The molecule has 0 aromatic rings. The minimum absolute atomic E-state index is 0.0274. The number of halogens is 1. The summed E-state index contributed by atoms with van der Waals surface area (Å²) < 4.78 is 18.7. The highest BCUT2D eigenvalue weighted by molar-refractivity contribution is 5.07. The molecule has 0 saturated carbocycles. The van der Waals surface area contributed by atoms with E-state index in [4.69, 9.17) is 4.74 Å². The molecular weight excluding hydrogens is 181 g/mol. The smallest absolute Gasteiger partial charge is 0.137 e. The fourth-order valence-electron chi connectivity index (χ4n) is 1.34. The number of alkyl halides is 1. The van der Waals surface area contributed by atoms with Gasteiger partial charge in [-0.25, -0.2) is 4.39 Å². The average Bonchev–Trinajstić information content (AvgIpc) is 2.14. The number of ether oxygens (including phenoxy) is 1. The molecule has 0 radical (unpaired) electrons. The van der Waals surface area contributed by atoms with E-state index in [1.165, 1.54) is 0 Å². The summed E-state index contributed by atoms with van der Waals surface area (Å²) >= 11 is 0. The summed E-state index contributed by atoms with van der Waals surface area (Å²) in [6, 6.07) is 0. The number of rotatable bonds is 3. The van der Waals surface area contributed by atoms with Gasteiger partial charge in [0.15, 0.2) is 0 Å². The highest BCUT2D eigenvalue weighted by atomic mass is 19.1. The van der Waals surface area contributed by atoms with Crippen LogP contribution < -0.4 is 5.32 Å². The molecule has 0 aromatic carbocycles. The van der Waals surface area contributed by atoms with Gasteiger partial charge in [-0.3, -0.25) is 0 Å². The van der Waals surface area contributed by atoms with Crippen LogP contribution >= 0.6 is 0 Å². The Morgan fingerprint density at radius 2 is 2.29 bits per heavy atom. The molecule has 1 heterocycles. The third kappa shape index (κ3) is 4.09. The lowest BCUT2D eigenvalue weighted by Gasteiger charge is -2.24. The highest BCUT2D eigenvalue weighted by Crippen LogP contribution is 2.18. The first-order chi connectivity index (χ1) is 6.49. The van der Waals surface area contributed by atoms with Crippen molar-refractivity contribution < 1.29 is 9.13 Å². The van der Waals surface area contributed by atoms with Crippen molar-refractivity contribution in [3.63, 3.8) is 0 Å². The molecule has 1 N–H and O–H groups in total. The lowest BCUT2D eigenvalue weighted by molar-refractivity contribution is 0.207. The molecule has 0 amide bonds. The molecule has 0 saturated heterocycles. The third-order valence-corrected chi connectivity index (χ3v) is 2.18. The maximum Gasteiger partial charge on any atom is 0.137 e. The molecule has 1 aliphatic heterocycles. The third-order valence-electron chi connectivity index (χ3n) is 2.18. The van der Waals surface area contributed by atoms with Gasteiger partial charge in [0.25, 0.3) is 0 Å². The van der Waals surface area contributed by atoms with E-state index >= 15 is 0 Å². The van der Waals surface area contributed by atoms with Crippen molar-refractivity contribution in [1.82, 2.24) is 5.32 Å². The normalized spacial score (nSPS) is 19.9. The van der Waals surface area contributed by atoms with E-state index in [2.05, 4.69) is 5.32 Å². The van der Waals surface area contributed by atoms with Crippen molar-refractivity contribution in [3.8, 4) is 0 Å². The Labute approximate surface area is 85.5 Å². The second-order valence-electron chi connectivity index (χ2n) is 4.77. The van der Waals surface area contributed by atoms with E-state index in [1.807, 2.05) is 20.8 Å². The predicted octanol–water partition coefficient (Wildman–Crippen LogP) is 2.41. The first-order valence-electron chi connectivity index (χ1n) is 5.19. The molecule has 14 heavy (non-hydrogen) atoms. The Hall–Kier alpha value is -0.570. The first kappa shape index (κ1) is 11.5. The molecule has 1 aliphatic rings. The van der Waals surface area contributed by atoms with Crippen LogP contribution in [0.3, 0.4) is 0 Å². The summed E-state index contributed by atoms with van der Waals surface area (Å²) in [5, 5.41) is 3.15. The molecule has 3 heteroatoms. The fraction of sp³-hybridized carbons (Fsp3) is 0.818. The van der Waals surface area contributed by atoms with Gasteiger partial charge in [-0.05, 0) is 39.2 Å². The molecule has 1 rings (SSSR count). The van der Waals surface area contributed by atoms with E-state index < -0.39 is 6.17 Å². The minimum atomic E-state index is -0.908. The topological polar surface area (TPSA) is 21.3 Å². The van der Waals surface area contributed by atoms with Gasteiger partial charge in [0.1, 0.15) is 6.17 Å². The van der Waals surface area contributed by atoms with Crippen LogP contribution in [0.2, 0.25) is 0 Å². The monoisotopic (exact) mass is 201 g/mol. The Bertz CT molecular complexity index is 208. The molecule has 0 spiro atoms. The summed E-state index contributed by atoms with van der Waals surface area (Å²) in [7, 11) is 0. The van der Waals surface area contributed by atoms with E-state index in [0.29, 0.717) is 6.54 Å². The van der Waals surface area contributed by atoms with E-state index in [9.17, 15) is 4.39 Å². The summed E-state index contributed by atoms with van der Waals surface area (Å²) in [5.74, 6) is 0. The minimum Gasteiger partial charge on any atom is -0.501 e. The van der Waals surface area contributed by atoms with Gasteiger partial charge in [0.2, 0.25) is 0 Å². The van der Waals surface area contributed by atoms with Gasteiger partial charge in [0.05, 0.1) is 12.9 Å². The molecule has 82 valence electrons. The van der Waals surface area contributed by atoms with Crippen LogP contribution in [0, 0.1) is 0 Å². The fourth-order valence-corrected chi connectivity index (χ4v) is 1.34. The van der Waals surface area contributed by atoms with Crippen LogP contribution in [0.1, 0.15) is 33.6 Å². The summed E-state index contributed by atoms with van der Waals surface area (Å²) in [6.45, 7) is 7.20. The van der Waals surface area contributed by atoms with Crippen molar-refractivity contribution in [3.05, 3.63) is 11.8 Å². The van der Waals surface area contributed by atoms with Crippen LogP contribution in [0.4, 0.5) is 4.39 Å². The summed E-state index contributed by atoms with van der Waals surface area (Å²) in [5.41, 5.74) is 0.758. The molecule has 1 atom stereocenters. The average molecular weight is 201 g/mol. The summed E-state index contributed by atoms with van der Waals surface area (Å²) in [4.78, 5) is 0. The number of hydrogen-bond donors (Lipinski definition) is 1. The molecule has 0 aromatic heterocycles. The SMILES string of the molecule is CC(C)(C)NCC(F)C1=COCCC1. The first-order valence-corrected chi connectivity index (χ1v) is 5.19. The van der Waals surface area contributed by atoms with Crippen LogP contribution in [0.25, 0.3) is 0 Å². The number of hydrogen-bond acceptors (Lipinski definition) is 2. The second kappa shape index (κ2) is 4.78. The van der Waals surface area contributed by atoms with Crippen molar-refractivity contribution >= 4 is 0 Å². The zero-order valence-electron chi connectivity index (χ0n) is 9.27. The van der Waals surface area contributed by atoms with Crippen LogP contribution in [0.15, 0.2) is 11.8 Å². The standard InChI is InChI=1S/C11H20FNO/c1-11(2,3)13-7-10(12)9-5-4-6-14-8-9/h8,10,13H,4-7H2,1-3H3. The van der Waals surface area contributed by atoms with Crippen LogP contribution in [-0.4, -0.2) is 24.9 Å². The van der Waals surface area contributed by atoms with Crippen molar-refractivity contribution in [2.45, 2.75) is 45.3 Å². The molecule has 2 nitrogen and oxygen atoms in total. The van der Waals surface area contributed by atoms with Gasteiger partial charge >= 0.3 is 0 Å². The maximum absolute atomic E-state index is 13.6. The quantitative estimate of drug-likeness (QED) is 0.757. The zero-order chi connectivity index (χ0) is 10.6. The summed E-state index contributed by atoms with van der Waals surface area (Å²) in [6.07, 6.45) is 2.43. The van der Waals surface area contributed by atoms with Gasteiger partial charge in [-0.1, -0.05) is 0 Å². The molecule has 0 bridgehead atoms. The highest BCUT2D eigenvalue weighted by Gasteiger charge is 2.18. The second-order valence-corrected chi connectivity index (χ2v) is 4.77. The van der Waals surface area contributed by atoms with E-state index in [0.717, 1.165) is 25.0 Å². The van der Waals surface area contributed by atoms with Crippen molar-refractivity contribution in [2.24, 2.45) is 0 Å². The van der Waals surface area contributed by atoms with Crippen LogP contribution in [-0.2, 0) is 4.74 Å². The van der Waals surface area contributed by atoms with Gasteiger partial charge in [-0.15, -0.1) is 0 Å². The molecule has 1 unspecified atom stereocenters. The van der Waals surface area contributed by atoms with Crippen molar-refractivity contribution in [1.29, 1.82) is 0 Å². The van der Waals surface area contributed by atoms with Crippen molar-refractivity contribution in [2.75, 3.05) is 13.2 Å². The Morgan fingerprint density at radius 3 is 2.79 bits per heavy atom. The Kier molecular flexibility index (Phi) is 3.93. The van der Waals surface area contributed by atoms with E-state index in [-0.39, 0.29) is 5.54 Å². The molecule has 0 aliphatic carbocycles. The molecule has 0 fully saturated rings. The Balaban J connectivity index is 2.34. The van der Waals surface area contributed by atoms with Gasteiger partial charge < -0.3 is 10.1 Å². The largest absolute Gasteiger partial charge is 0.501 e. The molecular formula is C11H20FNO. The maximum atomic E-state index is 13.6. The lowest BCUT2D eigenvalue weighted by Crippen LogP contribution is -2.40. The lowest BCUT2D eigenvalue weighted by atomic mass is 10.0. The Morgan fingerprint density at radius 1 is 1.57 bits per heavy atom. The van der Waals surface area contributed by atoms with E-state index in [1.54, 1.807) is 6.26 Å². The predicted molar refractivity (Wildman–Crippen MR) is 55.9 cm³/mol. The van der Waals surface area contributed by atoms with Crippen LogP contribution in [0.5, 0.6) is 0 Å². The van der Waals surface area contributed by atoms with Gasteiger partial charge in [-0.2, -0.15) is 0 Å². The number of nitrogens with one attached hydrogen (secondary N) is 1. The zero-order valence-corrected chi connectivity index (χ0v) is 9.27.